The van der Waals surface area contributed by atoms with E-state index in [9.17, 15) is 19.3 Å². The van der Waals surface area contributed by atoms with Crippen LogP contribution in [0.5, 0.6) is 0 Å². The number of carbonyl (C=O) groups excluding carboxylic acids is 1. The van der Waals surface area contributed by atoms with Crippen LogP contribution in [0.1, 0.15) is 12.8 Å². The number of nitrogens with one attached hydrogen (secondary N) is 2. The average molecular weight is 267 g/mol. The topological polar surface area (TPSA) is 84.3 Å². The molecule has 6 nitrogen and oxygen atoms in total. The largest absolute Gasteiger partial charge is 0.323 e. The van der Waals surface area contributed by atoms with E-state index in [1.807, 2.05) is 0 Å². The number of carbonyl (C=O) groups is 1. The van der Waals surface area contributed by atoms with Gasteiger partial charge in [0.15, 0.2) is 5.82 Å². The molecule has 19 heavy (non-hydrogen) atoms. The molecule has 0 bridgehead atoms. The first kappa shape index (κ1) is 13.4. The van der Waals surface area contributed by atoms with Crippen LogP contribution in [0.15, 0.2) is 18.2 Å². The summed E-state index contributed by atoms with van der Waals surface area (Å²) in [7, 11) is 0. The van der Waals surface area contributed by atoms with Crippen molar-refractivity contribution in [3.8, 4) is 0 Å². The van der Waals surface area contributed by atoms with E-state index in [1.165, 1.54) is 6.07 Å². The summed E-state index contributed by atoms with van der Waals surface area (Å²) in [4.78, 5) is 21.7. The first-order chi connectivity index (χ1) is 9.08. The molecule has 2 rings (SSSR count). The standard InChI is InChI=1S/C12H14FN3O3/c13-10-6-9(16(18)19)3-4-11(10)15-12(17)8-2-1-5-14-7-8/h3-4,6,8,14H,1-2,5,7H2,(H,15,17)/t8-/m1/s1. The van der Waals surface area contributed by atoms with Crippen LogP contribution in [-0.2, 0) is 4.79 Å². The van der Waals surface area contributed by atoms with E-state index in [1.54, 1.807) is 0 Å². The minimum atomic E-state index is -0.800. The number of hydrogen-bond donors (Lipinski definition) is 2. The van der Waals surface area contributed by atoms with Crippen LogP contribution in [0.25, 0.3) is 0 Å². The Morgan fingerprint density at radius 1 is 1.53 bits per heavy atom. The Morgan fingerprint density at radius 3 is 2.89 bits per heavy atom. The van der Waals surface area contributed by atoms with Gasteiger partial charge in [0.25, 0.3) is 5.69 Å². The SMILES string of the molecule is O=C(Nc1ccc([N+](=O)[O-])cc1F)[C@@H]1CCCNC1. The summed E-state index contributed by atoms with van der Waals surface area (Å²) < 4.78 is 13.6. The molecule has 1 fully saturated rings. The van der Waals surface area contributed by atoms with Crippen molar-refractivity contribution >= 4 is 17.3 Å². The van der Waals surface area contributed by atoms with Crippen LogP contribution >= 0.6 is 0 Å². The van der Waals surface area contributed by atoms with Gasteiger partial charge in [-0.3, -0.25) is 14.9 Å². The van der Waals surface area contributed by atoms with Gasteiger partial charge in [-0.2, -0.15) is 0 Å². The normalized spacial score (nSPS) is 18.9. The fourth-order valence-electron chi connectivity index (χ4n) is 2.03. The van der Waals surface area contributed by atoms with E-state index in [0.717, 1.165) is 31.5 Å². The van der Waals surface area contributed by atoms with Crippen LogP contribution in [0.2, 0.25) is 0 Å². The lowest BCUT2D eigenvalue weighted by Crippen LogP contribution is -2.37. The molecule has 1 atom stereocenters. The highest BCUT2D eigenvalue weighted by Gasteiger charge is 2.22. The van der Waals surface area contributed by atoms with Crippen LogP contribution in [0, 0.1) is 21.8 Å². The number of non-ortho nitro benzene ring substituents is 1. The predicted octanol–water partition coefficient (Wildman–Crippen LogP) is 1.67. The highest BCUT2D eigenvalue weighted by Crippen LogP contribution is 2.21. The minimum absolute atomic E-state index is 0.0267. The molecule has 7 heteroatoms. The van der Waals surface area contributed by atoms with Crippen LogP contribution in [0.4, 0.5) is 15.8 Å². The maximum Gasteiger partial charge on any atom is 0.272 e. The van der Waals surface area contributed by atoms with Gasteiger partial charge in [-0.05, 0) is 25.5 Å². The summed E-state index contributed by atoms with van der Waals surface area (Å²) >= 11 is 0. The van der Waals surface area contributed by atoms with E-state index in [2.05, 4.69) is 10.6 Å². The summed E-state index contributed by atoms with van der Waals surface area (Å²) in [5.41, 5.74) is -0.365. The van der Waals surface area contributed by atoms with Gasteiger partial charge in [0.2, 0.25) is 5.91 Å². The molecule has 1 aromatic rings. The number of nitro groups is 1. The third-order valence-corrected chi connectivity index (χ3v) is 3.09. The number of rotatable bonds is 3. The lowest BCUT2D eigenvalue weighted by Gasteiger charge is -2.21. The molecule has 1 aromatic carbocycles. The molecule has 2 N–H and O–H groups in total. The second-order valence-corrected chi connectivity index (χ2v) is 4.45. The highest BCUT2D eigenvalue weighted by atomic mass is 19.1. The third-order valence-electron chi connectivity index (χ3n) is 3.09. The number of nitro benzene ring substituents is 1. The first-order valence-electron chi connectivity index (χ1n) is 6.03. The van der Waals surface area contributed by atoms with Crippen molar-refractivity contribution in [1.82, 2.24) is 5.32 Å². The molecule has 0 radical (unpaired) electrons. The number of amides is 1. The molecular weight excluding hydrogens is 253 g/mol. The molecule has 1 aliphatic rings. The number of benzene rings is 1. The predicted molar refractivity (Wildman–Crippen MR) is 67.3 cm³/mol. The maximum atomic E-state index is 13.6. The molecule has 102 valence electrons. The highest BCUT2D eigenvalue weighted by molar-refractivity contribution is 5.93. The van der Waals surface area contributed by atoms with E-state index >= 15 is 0 Å². The molecule has 1 amide bonds. The molecule has 1 heterocycles. The fraction of sp³-hybridized carbons (Fsp3) is 0.417. The Hall–Kier alpha value is -2.02. The van der Waals surface area contributed by atoms with E-state index in [-0.39, 0.29) is 23.2 Å². The monoisotopic (exact) mass is 267 g/mol. The minimum Gasteiger partial charge on any atom is -0.323 e. The third kappa shape index (κ3) is 3.25. The molecule has 0 spiro atoms. The Balaban J connectivity index is 2.06. The molecule has 0 aliphatic carbocycles. The van der Waals surface area contributed by atoms with E-state index in [4.69, 9.17) is 0 Å². The van der Waals surface area contributed by atoms with Gasteiger partial charge in [-0.25, -0.2) is 4.39 Å². The smallest absolute Gasteiger partial charge is 0.272 e. The zero-order valence-electron chi connectivity index (χ0n) is 10.2. The molecule has 0 aromatic heterocycles. The van der Waals surface area contributed by atoms with Gasteiger partial charge in [0, 0.05) is 12.6 Å². The van der Waals surface area contributed by atoms with Crippen molar-refractivity contribution in [2.75, 3.05) is 18.4 Å². The lowest BCUT2D eigenvalue weighted by molar-refractivity contribution is -0.385. The number of halogens is 1. The van der Waals surface area contributed by atoms with Gasteiger partial charge in [0.1, 0.15) is 0 Å². The Morgan fingerprint density at radius 2 is 2.32 bits per heavy atom. The van der Waals surface area contributed by atoms with Gasteiger partial charge < -0.3 is 10.6 Å². The number of piperidine rings is 1. The van der Waals surface area contributed by atoms with E-state index < -0.39 is 10.7 Å². The maximum absolute atomic E-state index is 13.6. The van der Waals surface area contributed by atoms with Crippen molar-refractivity contribution in [3.63, 3.8) is 0 Å². The molecule has 1 saturated heterocycles. The summed E-state index contributed by atoms with van der Waals surface area (Å²) in [6, 6.07) is 3.17. The molecular formula is C12H14FN3O3. The number of nitrogens with zero attached hydrogens (tertiary/aromatic N) is 1. The van der Waals surface area contributed by atoms with Crippen molar-refractivity contribution in [2.24, 2.45) is 5.92 Å². The number of anilines is 1. The second-order valence-electron chi connectivity index (χ2n) is 4.45. The Kier molecular flexibility index (Phi) is 4.06. The first-order valence-corrected chi connectivity index (χ1v) is 6.03. The Labute approximate surface area is 109 Å². The molecule has 0 saturated carbocycles. The van der Waals surface area contributed by atoms with Gasteiger partial charge in [-0.15, -0.1) is 0 Å². The quantitative estimate of drug-likeness (QED) is 0.644. The van der Waals surface area contributed by atoms with Crippen molar-refractivity contribution in [2.45, 2.75) is 12.8 Å². The van der Waals surface area contributed by atoms with Gasteiger partial charge in [-0.1, -0.05) is 0 Å². The second kappa shape index (κ2) is 5.75. The molecule has 1 aliphatic heterocycles. The lowest BCUT2D eigenvalue weighted by atomic mass is 9.99. The summed E-state index contributed by atoms with van der Waals surface area (Å²) in [6.07, 6.45) is 1.66. The van der Waals surface area contributed by atoms with Gasteiger partial charge in [0.05, 0.1) is 22.6 Å². The zero-order chi connectivity index (χ0) is 13.8. The van der Waals surface area contributed by atoms with Gasteiger partial charge >= 0.3 is 0 Å². The Bertz CT molecular complexity index is 501. The summed E-state index contributed by atoms with van der Waals surface area (Å²) in [5, 5.41) is 16.0. The van der Waals surface area contributed by atoms with Crippen LogP contribution < -0.4 is 10.6 Å². The van der Waals surface area contributed by atoms with Crippen molar-refractivity contribution in [1.29, 1.82) is 0 Å². The fourth-order valence-corrected chi connectivity index (χ4v) is 2.03. The van der Waals surface area contributed by atoms with Crippen LogP contribution in [0.3, 0.4) is 0 Å². The van der Waals surface area contributed by atoms with E-state index in [0.29, 0.717) is 6.54 Å². The van der Waals surface area contributed by atoms with Crippen LogP contribution in [-0.4, -0.2) is 23.9 Å². The van der Waals surface area contributed by atoms with Crippen molar-refractivity contribution in [3.05, 3.63) is 34.1 Å². The number of hydrogen-bond acceptors (Lipinski definition) is 4. The van der Waals surface area contributed by atoms with Crippen molar-refractivity contribution < 1.29 is 14.1 Å². The molecule has 0 unspecified atom stereocenters. The summed E-state index contributed by atoms with van der Waals surface area (Å²) in [5.74, 6) is -1.25. The summed E-state index contributed by atoms with van der Waals surface area (Å²) in [6.45, 7) is 1.45. The zero-order valence-corrected chi connectivity index (χ0v) is 10.2. The average Bonchev–Trinajstić information content (AvgIpc) is 2.41.